The van der Waals surface area contributed by atoms with Crippen molar-refractivity contribution in [2.45, 2.75) is 32.7 Å². The van der Waals surface area contributed by atoms with Crippen LogP contribution in [0.3, 0.4) is 0 Å². The van der Waals surface area contributed by atoms with E-state index in [1.807, 2.05) is 12.1 Å². The molecule has 0 amide bonds. The minimum Gasteiger partial charge on any atom is -0.426 e. The van der Waals surface area contributed by atoms with Gasteiger partial charge in [0.25, 0.3) is 0 Å². The van der Waals surface area contributed by atoms with Gasteiger partial charge in [-0.15, -0.1) is 5.70 Å². The fraction of sp³-hybridized carbons (Fsp3) is 0.300. The Morgan fingerprint density at radius 1 is 0.680 bits per heavy atom. The summed E-state index contributed by atoms with van der Waals surface area (Å²) in [6.07, 6.45) is 0. The van der Waals surface area contributed by atoms with E-state index in [1.165, 1.54) is 0 Å². The highest BCUT2D eigenvalue weighted by atomic mass is 28.4. The van der Waals surface area contributed by atoms with Gasteiger partial charge < -0.3 is 8.54 Å². The van der Waals surface area contributed by atoms with Crippen molar-refractivity contribution in [2.24, 2.45) is 0 Å². The van der Waals surface area contributed by atoms with E-state index in [2.05, 4.69) is 92.7 Å². The zero-order valence-corrected chi connectivity index (χ0v) is 19.2. The molecule has 0 fully saturated rings. The first-order valence-corrected chi connectivity index (χ1v) is 17.1. The number of benzene rings is 2. The van der Waals surface area contributed by atoms with Crippen LogP contribution < -0.4 is 10.4 Å². The first-order valence-electron chi connectivity index (χ1n) is 8.75. The van der Waals surface area contributed by atoms with Crippen LogP contribution >= 0.6 is 0 Å². The third kappa shape index (κ3) is 5.36. The highest BCUT2D eigenvalue weighted by Crippen LogP contribution is 2.19. The second-order valence-electron chi connectivity index (χ2n) is 7.96. The molecule has 0 aliphatic rings. The van der Waals surface area contributed by atoms with Gasteiger partial charge in [0.15, 0.2) is 0 Å². The average molecular weight is 387 g/mol. The maximum Gasteiger partial charge on any atom is 0.396 e. The molecule has 2 aromatic rings. The number of hydrogen-bond donors (Lipinski definition) is 0. The second-order valence-corrected chi connectivity index (χ2v) is 20.2. The smallest absolute Gasteiger partial charge is 0.396 e. The Kier molecular flexibility index (Phi) is 6.40. The van der Waals surface area contributed by atoms with E-state index in [9.17, 15) is 0 Å². The molecule has 25 heavy (non-hydrogen) atoms. The zero-order valence-electron chi connectivity index (χ0n) is 16.2. The van der Waals surface area contributed by atoms with Crippen molar-refractivity contribution in [3.63, 3.8) is 0 Å². The molecule has 0 saturated carbocycles. The summed E-state index contributed by atoms with van der Waals surface area (Å²) in [5.41, 5.74) is 4.76. The number of hydrogen-bond acceptors (Lipinski definition) is 2. The minimum atomic E-state index is -2.73. The summed E-state index contributed by atoms with van der Waals surface area (Å²) in [5, 5.41) is 2.32. The first-order chi connectivity index (χ1) is 11.7. The summed E-state index contributed by atoms with van der Waals surface area (Å²) in [5.74, 6) is 0. The van der Waals surface area contributed by atoms with E-state index < -0.39 is 25.0 Å². The van der Waals surface area contributed by atoms with Crippen molar-refractivity contribution in [2.75, 3.05) is 7.11 Å². The summed E-state index contributed by atoms with van der Waals surface area (Å²) in [6.45, 7) is 11.6. The van der Waals surface area contributed by atoms with Crippen molar-refractivity contribution in [1.82, 2.24) is 0 Å². The maximum atomic E-state index is 6.93. The molecule has 0 spiro atoms. The van der Waals surface area contributed by atoms with Crippen molar-refractivity contribution in [1.29, 1.82) is 0 Å². The van der Waals surface area contributed by atoms with Crippen LogP contribution in [0, 0.1) is 0 Å². The Balaban J connectivity index is 2.51. The molecule has 0 aliphatic carbocycles. The van der Waals surface area contributed by atoms with Crippen molar-refractivity contribution < 1.29 is 8.54 Å². The van der Waals surface area contributed by atoms with Crippen molar-refractivity contribution >= 4 is 35.3 Å². The lowest BCUT2D eigenvalue weighted by molar-refractivity contribution is 0.328. The number of rotatable bonds is 7. The Morgan fingerprint density at radius 2 is 1.12 bits per heavy atom. The molecule has 0 atom stereocenters. The van der Waals surface area contributed by atoms with E-state index in [-0.39, 0.29) is 0 Å². The summed E-state index contributed by atoms with van der Waals surface area (Å²) < 4.78 is 13.1. The van der Waals surface area contributed by atoms with Crippen LogP contribution in [0.25, 0.3) is 0 Å². The standard InChI is InChI=1S/C20H30O2Si3/c1-21-25(19-13-9-7-10-14-19,20-15-11-8-12-16-20)22-24(5,6)18-17-23(2,3)4/h7-18H,1-6H3. The Hall–Kier alpha value is -1.25. The molecule has 2 aromatic carbocycles. The van der Waals surface area contributed by atoms with Gasteiger partial charge in [-0.05, 0) is 23.5 Å². The molecule has 0 unspecified atom stereocenters. The third-order valence-corrected chi connectivity index (χ3v) is 12.5. The molecule has 2 nitrogen and oxygen atoms in total. The molecule has 0 N–H and O–H groups in total. The Bertz CT molecular complexity index is 652. The van der Waals surface area contributed by atoms with Crippen LogP contribution in [-0.2, 0) is 8.54 Å². The van der Waals surface area contributed by atoms with Gasteiger partial charge in [0.1, 0.15) is 0 Å². The largest absolute Gasteiger partial charge is 0.426 e. The molecule has 5 heteroatoms. The lowest BCUT2D eigenvalue weighted by Gasteiger charge is -2.36. The van der Waals surface area contributed by atoms with Crippen LogP contribution in [0.4, 0.5) is 0 Å². The molecular formula is C20H30O2Si3. The van der Waals surface area contributed by atoms with Gasteiger partial charge in [-0.2, -0.15) is 0 Å². The summed E-state index contributed by atoms with van der Waals surface area (Å²) in [4.78, 5) is 0. The van der Waals surface area contributed by atoms with Crippen LogP contribution in [-0.4, -0.2) is 32.1 Å². The predicted molar refractivity (Wildman–Crippen MR) is 116 cm³/mol. The van der Waals surface area contributed by atoms with E-state index in [0.29, 0.717) is 0 Å². The van der Waals surface area contributed by atoms with Crippen LogP contribution in [0.2, 0.25) is 32.7 Å². The van der Waals surface area contributed by atoms with Gasteiger partial charge in [-0.25, -0.2) is 0 Å². The average Bonchev–Trinajstić information content (AvgIpc) is 2.59. The predicted octanol–water partition coefficient (Wildman–Crippen LogP) is 4.08. The van der Waals surface area contributed by atoms with Gasteiger partial charge in [-0.1, -0.05) is 86.0 Å². The summed E-state index contributed by atoms with van der Waals surface area (Å²) >= 11 is 0. The lowest BCUT2D eigenvalue weighted by atomic mass is 10.4. The monoisotopic (exact) mass is 386 g/mol. The van der Waals surface area contributed by atoms with Crippen LogP contribution in [0.15, 0.2) is 72.1 Å². The van der Waals surface area contributed by atoms with Crippen molar-refractivity contribution in [3.05, 3.63) is 72.1 Å². The van der Waals surface area contributed by atoms with Gasteiger partial charge in [0.2, 0.25) is 8.32 Å². The third-order valence-electron chi connectivity index (χ3n) is 3.99. The van der Waals surface area contributed by atoms with Gasteiger partial charge >= 0.3 is 8.56 Å². The fourth-order valence-corrected chi connectivity index (χ4v) is 12.9. The summed E-state index contributed by atoms with van der Waals surface area (Å²) in [6, 6.07) is 20.9. The topological polar surface area (TPSA) is 18.5 Å². The van der Waals surface area contributed by atoms with Crippen molar-refractivity contribution in [3.8, 4) is 0 Å². The quantitative estimate of drug-likeness (QED) is 0.668. The molecule has 0 bridgehead atoms. The van der Waals surface area contributed by atoms with E-state index in [4.69, 9.17) is 8.54 Å². The Morgan fingerprint density at radius 3 is 1.48 bits per heavy atom. The first kappa shape index (κ1) is 20.1. The van der Waals surface area contributed by atoms with Crippen LogP contribution in [0.1, 0.15) is 0 Å². The zero-order chi connectivity index (χ0) is 18.6. The highest BCUT2D eigenvalue weighted by Gasteiger charge is 2.45. The maximum absolute atomic E-state index is 6.93. The molecule has 134 valence electrons. The molecule has 0 radical (unpaired) electrons. The highest BCUT2D eigenvalue weighted by molar-refractivity contribution is 6.99. The van der Waals surface area contributed by atoms with Crippen LogP contribution in [0.5, 0.6) is 0 Å². The van der Waals surface area contributed by atoms with Gasteiger partial charge in [0.05, 0.1) is 8.07 Å². The normalized spacial score (nSPS) is 13.4. The molecule has 0 aliphatic heterocycles. The lowest BCUT2D eigenvalue weighted by Crippen LogP contribution is -2.66. The Labute approximate surface area is 155 Å². The molecule has 0 saturated heterocycles. The van der Waals surface area contributed by atoms with E-state index in [0.717, 1.165) is 10.4 Å². The van der Waals surface area contributed by atoms with Gasteiger partial charge in [-0.3, -0.25) is 0 Å². The molecule has 2 rings (SSSR count). The SMILES string of the molecule is CO[Si](O[Si](C)(C)C=C[Si](C)(C)C)(c1ccccc1)c1ccccc1. The van der Waals surface area contributed by atoms with E-state index >= 15 is 0 Å². The minimum absolute atomic E-state index is 1.16. The van der Waals surface area contributed by atoms with Gasteiger partial charge in [0, 0.05) is 7.11 Å². The molecule has 0 heterocycles. The summed E-state index contributed by atoms with van der Waals surface area (Å²) in [7, 11) is -4.24. The second kappa shape index (κ2) is 7.97. The molecule has 0 aromatic heterocycles. The van der Waals surface area contributed by atoms with E-state index in [1.54, 1.807) is 7.11 Å². The fourth-order valence-electron chi connectivity index (χ4n) is 2.73. The molecular weight excluding hydrogens is 356 g/mol.